The van der Waals surface area contributed by atoms with E-state index in [0.717, 1.165) is 50.0 Å². The number of hydrogen-bond acceptors (Lipinski definition) is 5. The van der Waals surface area contributed by atoms with Crippen LogP contribution in [-0.2, 0) is 11.3 Å². The molecule has 0 atom stereocenters. The van der Waals surface area contributed by atoms with Gasteiger partial charge >= 0.3 is 0 Å². The van der Waals surface area contributed by atoms with Crippen molar-refractivity contribution < 1.29 is 13.6 Å². The molecule has 4 aromatic rings. The molecule has 1 amide bonds. The highest BCUT2D eigenvalue weighted by Crippen LogP contribution is 2.36. The molecule has 0 saturated heterocycles. The Hall–Kier alpha value is -3.23. The lowest BCUT2D eigenvalue weighted by Crippen LogP contribution is -2.10. The van der Waals surface area contributed by atoms with Crippen LogP contribution < -0.4 is 10.0 Å². The van der Waals surface area contributed by atoms with Gasteiger partial charge < -0.3 is 10.0 Å². The number of rotatable bonds is 8. The minimum atomic E-state index is -0.615. The second-order valence-electron chi connectivity index (χ2n) is 7.05. The zero-order valence-corrected chi connectivity index (χ0v) is 18.7. The van der Waals surface area contributed by atoms with Gasteiger partial charge in [0.2, 0.25) is 6.41 Å². The molecule has 0 radical (unpaired) electrons. The SMILES string of the molecule is Cc1ccc(-c2ccc(-c3cncc(NSc4ccc(F)cc4F)c3)s2)cc1CNC=O. The highest BCUT2D eigenvalue weighted by atomic mass is 32.2. The van der Waals surface area contributed by atoms with Crippen molar-refractivity contribution in [3.63, 3.8) is 0 Å². The average Bonchev–Trinajstić information content (AvgIpc) is 3.28. The third kappa shape index (κ3) is 5.15. The summed E-state index contributed by atoms with van der Waals surface area (Å²) in [5, 5.41) is 2.71. The Labute approximate surface area is 192 Å². The van der Waals surface area contributed by atoms with Gasteiger partial charge in [-0.1, -0.05) is 12.1 Å². The van der Waals surface area contributed by atoms with Gasteiger partial charge in [-0.3, -0.25) is 9.78 Å². The van der Waals surface area contributed by atoms with Crippen LogP contribution in [-0.4, -0.2) is 11.4 Å². The maximum absolute atomic E-state index is 13.8. The van der Waals surface area contributed by atoms with Crippen molar-refractivity contribution in [1.29, 1.82) is 0 Å². The highest BCUT2D eigenvalue weighted by Gasteiger charge is 2.09. The molecule has 0 aliphatic rings. The van der Waals surface area contributed by atoms with E-state index in [1.807, 2.05) is 19.1 Å². The molecule has 2 aromatic heterocycles. The van der Waals surface area contributed by atoms with Crippen LogP contribution in [0.15, 0.2) is 71.9 Å². The number of anilines is 1. The molecule has 32 heavy (non-hydrogen) atoms. The summed E-state index contributed by atoms with van der Waals surface area (Å²) in [5.74, 6) is -1.22. The number of hydrogen-bond donors (Lipinski definition) is 2. The van der Waals surface area contributed by atoms with E-state index in [0.29, 0.717) is 23.5 Å². The number of amides is 1. The lowest BCUT2D eigenvalue weighted by atomic mass is 10.0. The van der Waals surface area contributed by atoms with E-state index in [9.17, 15) is 13.6 Å². The summed E-state index contributed by atoms with van der Waals surface area (Å²) in [4.78, 5) is 17.4. The molecule has 162 valence electrons. The van der Waals surface area contributed by atoms with Crippen molar-refractivity contribution in [2.45, 2.75) is 18.4 Å². The Morgan fingerprint density at radius 1 is 1.00 bits per heavy atom. The van der Waals surface area contributed by atoms with E-state index in [-0.39, 0.29) is 0 Å². The molecule has 8 heteroatoms. The maximum atomic E-state index is 13.8. The fourth-order valence-corrected chi connectivity index (χ4v) is 4.73. The van der Waals surface area contributed by atoms with Crippen molar-refractivity contribution in [3.8, 4) is 20.9 Å². The van der Waals surface area contributed by atoms with Gasteiger partial charge in [0.05, 0.1) is 16.8 Å². The number of aromatic nitrogens is 1. The summed E-state index contributed by atoms with van der Waals surface area (Å²) >= 11 is 2.70. The first-order valence-electron chi connectivity index (χ1n) is 9.73. The van der Waals surface area contributed by atoms with Crippen molar-refractivity contribution in [2.24, 2.45) is 0 Å². The van der Waals surface area contributed by atoms with Gasteiger partial charge in [0, 0.05) is 34.1 Å². The summed E-state index contributed by atoms with van der Waals surface area (Å²) in [6, 6.07) is 15.7. The summed E-state index contributed by atoms with van der Waals surface area (Å²) in [7, 11) is 0. The lowest BCUT2D eigenvalue weighted by molar-refractivity contribution is -0.109. The Kier molecular flexibility index (Phi) is 6.82. The molecule has 0 spiro atoms. The number of pyridine rings is 1. The van der Waals surface area contributed by atoms with Crippen LogP contribution in [0.25, 0.3) is 20.9 Å². The van der Waals surface area contributed by atoms with E-state index in [4.69, 9.17) is 0 Å². The number of aryl methyl sites for hydroxylation is 1. The van der Waals surface area contributed by atoms with Crippen LogP contribution in [0, 0.1) is 18.6 Å². The molecule has 2 aromatic carbocycles. The van der Waals surface area contributed by atoms with Gasteiger partial charge in [0.25, 0.3) is 0 Å². The zero-order chi connectivity index (χ0) is 22.5. The topological polar surface area (TPSA) is 54.0 Å². The van der Waals surface area contributed by atoms with Crippen LogP contribution in [0.1, 0.15) is 11.1 Å². The van der Waals surface area contributed by atoms with Gasteiger partial charge in [0.15, 0.2) is 0 Å². The number of carbonyl (C=O) groups is 1. The standard InChI is InChI=1S/C24H19F2N3OS2/c1-15-2-3-16(8-17(15)11-28-14-30)22-6-7-23(31-22)18-9-20(13-27-12-18)29-32-24-5-4-19(25)10-21(24)26/h2-10,12-14,29H,11H2,1H3,(H,28,30). The van der Waals surface area contributed by atoms with Crippen molar-refractivity contribution in [3.05, 3.63) is 89.8 Å². The molecule has 0 unspecified atom stereocenters. The van der Waals surface area contributed by atoms with Crippen molar-refractivity contribution in [1.82, 2.24) is 10.3 Å². The van der Waals surface area contributed by atoms with Crippen LogP contribution in [0.3, 0.4) is 0 Å². The molecular formula is C24H19F2N3OS2. The highest BCUT2D eigenvalue weighted by molar-refractivity contribution is 8.00. The molecule has 0 fully saturated rings. The van der Waals surface area contributed by atoms with Gasteiger partial charge in [0.1, 0.15) is 11.6 Å². The monoisotopic (exact) mass is 467 g/mol. The molecule has 0 bridgehead atoms. The fraction of sp³-hybridized carbons (Fsp3) is 0.0833. The number of thiophene rings is 1. The zero-order valence-electron chi connectivity index (χ0n) is 17.1. The predicted molar refractivity (Wildman–Crippen MR) is 126 cm³/mol. The van der Waals surface area contributed by atoms with Gasteiger partial charge in [-0.2, -0.15) is 0 Å². The van der Waals surface area contributed by atoms with Crippen LogP contribution in [0.2, 0.25) is 0 Å². The van der Waals surface area contributed by atoms with E-state index in [1.165, 1.54) is 12.1 Å². The van der Waals surface area contributed by atoms with Crippen LogP contribution in [0.4, 0.5) is 14.5 Å². The fourth-order valence-electron chi connectivity index (χ4n) is 3.12. The van der Waals surface area contributed by atoms with Crippen LogP contribution in [0.5, 0.6) is 0 Å². The summed E-state index contributed by atoms with van der Waals surface area (Å²) in [6.45, 7) is 2.51. The minimum Gasteiger partial charge on any atom is -0.355 e. The summed E-state index contributed by atoms with van der Waals surface area (Å²) in [6.07, 6.45) is 4.13. The first kappa shape index (κ1) is 22.0. The third-order valence-corrected chi connectivity index (χ3v) is 6.88. The maximum Gasteiger partial charge on any atom is 0.207 e. The average molecular weight is 468 g/mol. The number of carbonyl (C=O) groups excluding carboxylic acids is 1. The molecule has 4 rings (SSSR count). The Morgan fingerprint density at radius 2 is 1.81 bits per heavy atom. The molecule has 0 aliphatic heterocycles. The molecule has 2 heterocycles. The molecule has 0 aliphatic carbocycles. The number of benzene rings is 2. The smallest absolute Gasteiger partial charge is 0.207 e. The van der Waals surface area contributed by atoms with Gasteiger partial charge in [-0.15, -0.1) is 11.3 Å². The normalized spacial score (nSPS) is 10.7. The second kappa shape index (κ2) is 9.93. The van der Waals surface area contributed by atoms with E-state index in [2.05, 4.69) is 39.3 Å². The molecular weight excluding hydrogens is 448 g/mol. The van der Waals surface area contributed by atoms with Crippen molar-refractivity contribution in [2.75, 3.05) is 4.72 Å². The molecule has 4 nitrogen and oxygen atoms in total. The molecule has 2 N–H and O–H groups in total. The quantitative estimate of drug-likeness (QED) is 0.232. The summed E-state index contributed by atoms with van der Waals surface area (Å²) < 4.78 is 30.0. The van der Waals surface area contributed by atoms with Crippen molar-refractivity contribution >= 4 is 35.4 Å². The molecule has 0 saturated carbocycles. The number of nitrogens with one attached hydrogen (secondary N) is 2. The predicted octanol–water partition coefficient (Wildman–Crippen LogP) is 6.43. The first-order chi connectivity index (χ1) is 15.5. The van der Waals surface area contributed by atoms with E-state index >= 15 is 0 Å². The Bertz CT molecular complexity index is 1260. The number of nitrogens with zero attached hydrogens (tertiary/aromatic N) is 1. The first-order valence-corrected chi connectivity index (χ1v) is 11.4. The number of halogens is 2. The van der Waals surface area contributed by atoms with Crippen LogP contribution >= 0.6 is 23.3 Å². The summed E-state index contributed by atoms with van der Waals surface area (Å²) in [5.41, 5.74) is 4.92. The van der Waals surface area contributed by atoms with E-state index < -0.39 is 11.6 Å². The second-order valence-corrected chi connectivity index (χ2v) is 8.98. The van der Waals surface area contributed by atoms with Gasteiger partial charge in [-0.25, -0.2) is 8.78 Å². The van der Waals surface area contributed by atoms with Gasteiger partial charge in [-0.05, 0) is 72.0 Å². The largest absolute Gasteiger partial charge is 0.355 e. The van der Waals surface area contributed by atoms with E-state index in [1.54, 1.807) is 23.7 Å². The Balaban J connectivity index is 1.51. The minimum absolute atomic E-state index is 0.300. The lowest BCUT2D eigenvalue weighted by Gasteiger charge is -2.08. The third-order valence-electron chi connectivity index (χ3n) is 4.81. The Morgan fingerprint density at radius 3 is 2.59 bits per heavy atom.